The Balaban J connectivity index is 4.36. The number of carbonyl (C=O) groups excluding carboxylic acids is 3. The van der Waals surface area contributed by atoms with Crippen molar-refractivity contribution in [1.82, 2.24) is 0 Å². The predicted molar refractivity (Wildman–Crippen MR) is 353 cm³/mol. The topological polar surface area (TPSA) is 78.9 Å². The monoisotopic (exact) mass is 1120 g/mol. The molecule has 81 heavy (non-hydrogen) atoms. The lowest BCUT2D eigenvalue weighted by Crippen LogP contribution is -2.30. The zero-order valence-corrected chi connectivity index (χ0v) is 52.8. The molecule has 0 saturated carbocycles. The highest BCUT2D eigenvalue weighted by atomic mass is 16.6. The van der Waals surface area contributed by atoms with Crippen molar-refractivity contribution >= 4 is 17.9 Å². The van der Waals surface area contributed by atoms with E-state index >= 15 is 0 Å². The van der Waals surface area contributed by atoms with Crippen LogP contribution in [-0.2, 0) is 28.6 Å². The Morgan fingerprint density at radius 3 is 0.765 bits per heavy atom. The average molecular weight is 1120 g/mol. The molecular weight excluding hydrogens is 997 g/mol. The van der Waals surface area contributed by atoms with Crippen molar-refractivity contribution in [1.29, 1.82) is 0 Å². The van der Waals surface area contributed by atoms with Crippen molar-refractivity contribution in [2.24, 2.45) is 0 Å². The van der Waals surface area contributed by atoms with Gasteiger partial charge >= 0.3 is 17.9 Å². The molecule has 0 spiro atoms. The average Bonchev–Trinajstić information content (AvgIpc) is 3.46. The molecule has 0 rings (SSSR count). The van der Waals surface area contributed by atoms with Crippen molar-refractivity contribution in [3.63, 3.8) is 0 Å². The van der Waals surface area contributed by atoms with Gasteiger partial charge in [-0.2, -0.15) is 0 Å². The third kappa shape index (κ3) is 66.2. The van der Waals surface area contributed by atoms with Crippen LogP contribution in [0.1, 0.15) is 303 Å². The quantitative estimate of drug-likeness (QED) is 0.0261. The maximum Gasteiger partial charge on any atom is 0.306 e. The molecule has 0 aromatic carbocycles. The predicted octanol–water partition coefficient (Wildman–Crippen LogP) is 23.3. The van der Waals surface area contributed by atoms with E-state index in [2.05, 4.69) is 154 Å². The minimum Gasteiger partial charge on any atom is -0.462 e. The van der Waals surface area contributed by atoms with Crippen LogP contribution < -0.4 is 0 Å². The molecule has 0 aromatic rings. The molecule has 460 valence electrons. The van der Waals surface area contributed by atoms with Gasteiger partial charge in [-0.3, -0.25) is 14.4 Å². The van der Waals surface area contributed by atoms with Crippen molar-refractivity contribution in [2.75, 3.05) is 13.2 Å². The number of hydrogen-bond acceptors (Lipinski definition) is 6. The molecule has 0 heterocycles. The summed E-state index contributed by atoms with van der Waals surface area (Å²) in [5.74, 6) is -0.904. The largest absolute Gasteiger partial charge is 0.462 e. The summed E-state index contributed by atoms with van der Waals surface area (Å²) in [5.41, 5.74) is 0. The van der Waals surface area contributed by atoms with Gasteiger partial charge in [0.05, 0.1) is 0 Å². The van der Waals surface area contributed by atoms with E-state index in [1.807, 2.05) is 0 Å². The summed E-state index contributed by atoms with van der Waals surface area (Å²) in [5, 5.41) is 0. The van der Waals surface area contributed by atoms with E-state index in [1.165, 1.54) is 128 Å². The first-order valence-electron chi connectivity index (χ1n) is 33.7. The van der Waals surface area contributed by atoms with Gasteiger partial charge in [0, 0.05) is 19.3 Å². The van der Waals surface area contributed by atoms with Crippen LogP contribution in [0, 0.1) is 0 Å². The number of unbranched alkanes of at least 4 members (excludes halogenated alkanes) is 27. The summed E-state index contributed by atoms with van der Waals surface area (Å²) in [6.07, 6.45) is 96.0. The van der Waals surface area contributed by atoms with Gasteiger partial charge in [0.2, 0.25) is 0 Å². The van der Waals surface area contributed by atoms with Crippen molar-refractivity contribution < 1.29 is 28.6 Å². The number of allylic oxidation sites excluding steroid dienone is 22. The van der Waals surface area contributed by atoms with Crippen LogP contribution >= 0.6 is 0 Å². The van der Waals surface area contributed by atoms with Gasteiger partial charge < -0.3 is 14.2 Å². The van der Waals surface area contributed by atoms with Crippen molar-refractivity contribution in [3.8, 4) is 0 Å². The first kappa shape index (κ1) is 76.5. The van der Waals surface area contributed by atoms with Crippen LogP contribution in [-0.4, -0.2) is 37.2 Å². The first-order chi connectivity index (χ1) is 40.0. The fourth-order valence-corrected chi connectivity index (χ4v) is 9.14. The number of hydrogen-bond donors (Lipinski definition) is 0. The molecule has 0 aliphatic carbocycles. The Hall–Kier alpha value is -4.45. The summed E-state index contributed by atoms with van der Waals surface area (Å²) >= 11 is 0. The third-order valence-corrected chi connectivity index (χ3v) is 14.1. The summed E-state index contributed by atoms with van der Waals surface area (Å²) in [4.78, 5) is 38.4. The summed E-state index contributed by atoms with van der Waals surface area (Å²) in [6, 6.07) is 0. The summed E-state index contributed by atoms with van der Waals surface area (Å²) < 4.78 is 16.9. The molecule has 0 N–H and O–H groups in total. The summed E-state index contributed by atoms with van der Waals surface area (Å²) in [6.45, 7) is 6.40. The van der Waals surface area contributed by atoms with Crippen LogP contribution in [0.15, 0.2) is 134 Å². The van der Waals surface area contributed by atoms with Crippen LogP contribution in [0.25, 0.3) is 0 Å². The molecule has 0 radical (unpaired) electrons. The van der Waals surface area contributed by atoms with E-state index in [1.54, 1.807) is 0 Å². The molecule has 0 aliphatic rings. The second-order valence-corrected chi connectivity index (χ2v) is 22.0. The summed E-state index contributed by atoms with van der Waals surface area (Å²) in [7, 11) is 0. The van der Waals surface area contributed by atoms with Crippen LogP contribution in [0.4, 0.5) is 0 Å². The van der Waals surface area contributed by atoms with Gasteiger partial charge in [0.1, 0.15) is 13.2 Å². The molecular formula is C75H124O6. The maximum absolute atomic E-state index is 12.9. The molecule has 0 aromatic heterocycles. The molecule has 0 aliphatic heterocycles. The number of rotatable bonds is 60. The Labute approximate surface area is 500 Å². The van der Waals surface area contributed by atoms with E-state index in [4.69, 9.17) is 14.2 Å². The first-order valence-corrected chi connectivity index (χ1v) is 33.7. The van der Waals surface area contributed by atoms with Crippen LogP contribution in [0.5, 0.6) is 0 Å². The highest BCUT2D eigenvalue weighted by molar-refractivity contribution is 5.71. The lowest BCUT2D eigenvalue weighted by molar-refractivity contribution is -0.167. The van der Waals surface area contributed by atoms with Gasteiger partial charge in [-0.25, -0.2) is 0 Å². The number of ether oxygens (including phenoxy) is 3. The molecule has 1 atom stereocenters. The second kappa shape index (κ2) is 68.1. The zero-order chi connectivity index (χ0) is 58.5. The fraction of sp³-hybridized carbons (Fsp3) is 0.667. The normalized spacial score (nSPS) is 13.0. The van der Waals surface area contributed by atoms with Crippen LogP contribution in [0.3, 0.4) is 0 Å². The van der Waals surface area contributed by atoms with Gasteiger partial charge in [-0.15, -0.1) is 0 Å². The Bertz CT molecular complexity index is 1720. The highest BCUT2D eigenvalue weighted by Crippen LogP contribution is 2.16. The molecule has 0 saturated heterocycles. The smallest absolute Gasteiger partial charge is 0.306 e. The van der Waals surface area contributed by atoms with E-state index in [9.17, 15) is 14.4 Å². The standard InChI is InChI=1S/C75H124O6/c1-4-7-10-13-16-19-22-25-27-29-31-33-35-36-37-38-40-41-43-45-47-50-53-56-59-62-65-68-74(77)80-71-72(70-79-73(76)67-64-61-58-55-52-49-24-21-18-15-12-9-6-3)81-75(78)69-66-63-60-57-54-51-48-46-44-42-39-34-32-30-28-26-23-20-17-14-11-8-5-2/h7-8,10-11,16-17,19-21,24-28,31-34,36-37,40-41,72H,4-6,9,12-15,18,22-23,29-30,35,38-39,42-71H2,1-3H3/b10-7-,11-8-,19-16-,20-17-,24-21-,27-25-,28-26-,33-31-,34-32-,37-36-,41-40-. The van der Waals surface area contributed by atoms with E-state index in [0.717, 1.165) is 135 Å². The van der Waals surface area contributed by atoms with Gasteiger partial charge in [-0.05, 0) is 135 Å². The van der Waals surface area contributed by atoms with Crippen LogP contribution in [0.2, 0.25) is 0 Å². The fourth-order valence-electron chi connectivity index (χ4n) is 9.14. The van der Waals surface area contributed by atoms with Gasteiger partial charge in [0.15, 0.2) is 6.10 Å². The van der Waals surface area contributed by atoms with Gasteiger partial charge in [-0.1, -0.05) is 283 Å². The highest BCUT2D eigenvalue weighted by Gasteiger charge is 2.19. The Kier molecular flexibility index (Phi) is 64.3. The molecule has 0 amide bonds. The molecule has 6 heteroatoms. The lowest BCUT2D eigenvalue weighted by Gasteiger charge is -2.18. The zero-order valence-electron chi connectivity index (χ0n) is 52.8. The van der Waals surface area contributed by atoms with E-state index in [-0.39, 0.29) is 31.1 Å². The SMILES string of the molecule is CC/C=C\C/C=C\C/C=C\C/C=C\C/C=C\C/C=C\CCCCCCCCCCC(=O)OCC(COC(=O)CCCCCCC/C=C\CCCCCC)OC(=O)CCCCCCCCCCCC/C=C\C/C=C\C/C=C\C/C=C\CC. The minimum atomic E-state index is -0.793. The lowest BCUT2D eigenvalue weighted by atomic mass is 10.0. The Morgan fingerprint density at radius 1 is 0.259 bits per heavy atom. The van der Waals surface area contributed by atoms with Crippen molar-refractivity contribution in [3.05, 3.63) is 134 Å². The molecule has 1 unspecified atom stereocenters. The second-order valence-electron chi connectivity index (χ2n) is 22.0. The van der Waals surface area contributed by atoms with E-state index in [0.29, 0.717) is 19.3 Å². The number of esters is 3. The minimum absolute atomic E-state index is 0.0888. The molecule has 0 bridgehead atoms. The maximum atomic E-state index is 12.9. The van der Waals surface area contributed by atoms with Crippen molar-refractivity contribution in [2.45, 2.75) is 309 Å². The third-order valence-electron chi connectivity index (χ3n) is 14.1. The van der Waals surface area contributed by atoms with E-state index < -0.39 is 6.10 Å². The Morgan fingerprint density at radius 2 is 0.481 bits per heavy atom. The number of carbonyl (C=O) groups is 3. The molecule has 6 nitrogen and oxygen atoms in total. The molecule has 0 fully saturated rings. The van der Waals surface area contributed by atoms with Gasteiger partial charge in [0.25, 0.3) is 0 Å².